The zero-order chi connectivity index (χ0) is 4.99. The largest absolute Gasteiger partial charge is 0.425 e. The Kier molecular flexibility index (Phi) is 9.65. The van der Waals surface area contributed by atoms with Crippen LogP contribution in [-0.4, -0.2) is 16.6 Å². The summed E-state index contributed by atoms with van der Waals surface area (Å²) in [7, 11) is 0.882. The second-order valence-corrected chi connectivity index (χ2v) is 1.93. The molecule has 0 aliphatic rings. The van der Waals surface area contributed by atoms with Crippen molar-refractivity contribution in [3.63, 3.8) is 0 Å². The number of rotatable bonds is 2. The molecule has 0 aromatic rings. The van der Waals surface area contributed by atoms with Crippen LogP contribution >= 0.6 is 12.4 Å². The molecule has 0 aliphatic carbocycles. The van der Waals surface area contributed by atoms with Crippen molar-refractivity contribution in [1.82, 2.24) is 0 Å². The second kappa shape index (κ2) is 6.47. The Morgan fingerprint density at radius 1 is 1.71 bits per heavy atom. The first-order chi connectivity index (χ1) is 2.81. The van der Waals surface area contributed by atoms with Gasteiger partial charge in [0, 0.05) is 6.10 Å². The van der Waals surface area contributed by atoms with Gasteiger partial charge in [-0.2, -0.15) is 0 Å². The number of halogens is 1. The summed E-state index contributed by atoms with van der Waals surface area (Å²) in [6.07, 6.45) is 1.64. The van der Waals surface area contributed by atoms with Crippen molar-refractivity contribution in [3.8, 4) is 0 Å². The molecule has 0 heterocycles. The maximum atomic E-state index is 5.04. The summed E-state index contributed by atoms with van der Waals surface area (Å²) in [6, 6.07) is 0. The van der Waals surface area contributed by atoms with Crippen LogP contribution in [-0.2, 0) is 4.43 Å². The van der Waals surface area contributed by atoms with Crippen molar-refractivity contribution in [3.05, 3.63) is 0 Å². The number of hydrogen-bond donors (Lipinski definition) is 0. The van der Waals surface area contributed by atoms with Gasteiger partial charge in [-0.05, 0) is 13.3 Å². The van der Waals surface area contributed by atoms with Crippen molar-refractivity contribution >= 4 is 22.9 Å². The first-order valence-electron chi connectivity index (χ1n) is 2.34. The standard InChI is InChI=1S/C4H12OSi.ClH/c1-3-4(2)5-6;/h4H,3H2,1-2,6H3;1H. The summed E-state index contributed by atoms with van der Waals surface area (Å²) in [6.45, 7) is 4.22. The summed E-state index contributed by atoms with van der Waals surface area (Å²) >= 11 is 0. The normalized spacial score (nSPS) is 12.9. The lowest BCUT2D eigenvalue weighted by Gasteiger charge is -2.02. The van der Waals surface area contributed by atoms with E-state index in [-0.39, 0.29) is 12.4 Å². The summed E-state index contributed by atoms with van der Waals surface area (Å²) < 4.78 is 5.04. The first-order valence-corrected chi connectivity index (χ1v) is 3.15. The molecule has 1 atom stereocenters. The van der Waals surface area contributed by atoms with E-state index in [1.807, 2.05) is 0 Å². The van der Waals surface area contributed by atoms with E-state index in [0.717, 1.165) is 16.9 Å². The van der Waals surface area contributed by atoms with Gasteiger partial charge in [0.2, 0.25) is 0 Å². The highest BCUT2D eigenvalue weighted by atomic mass is 35.5. The van der Waals surface area contributed by atoms with Gasteiger partial charge in [0.15, 0.2) is 0 Å². The van der Waals surface area contributed by atoms with E-state index in [1.54, 1.807) is 0 Å². The van der Waals surface area contributed by atoms with E-state index in [4.69, 9.17) is 4.43 Å². The van der Waals surface area contributed by atoms with Crippen LogP contribution < -0.4 is 0 Å². The maximum Gasteiger partial charge on any atom is 0.146 e. The van der Waals surface area contributed by atoms with Crippen LogP contribution in [0, 0.1) is 0 Å². The molecule has 0 N–H and O–H groups in total. The zero-order valence-corrected chi connectivity index (χ0v) is 7.92. The van der Waals surface area contributed by atoms with Gasteiger partial charge in [-0.25, -0.2) is 0 Å². The fourth-order valence-electron chi connectivity index (χ4n) is 0.167. The minimum Gasteiger partial charge on any atom is -0.425 e. The Bertz CT molecular complexity index is 30.9. The predicted molar refractivity (Wildman–Crippen MR) is 38.0 cm³/mol. The molecule has 0 saturated heterocycles. The average molecular weight is 141 g/mol. The van der Waals surface area contributed by atoms with E-state index in [0.29, 0.717) is 6.10 Å². The predicted octanol–water partition coefficient (Wildman–Crippen LogP) is 0.504. The lowest BCUT2D eigenvalue weighted by molar-refractivity contribution is 0.239. The van der Waals surface area contributed by atoms with Gasteiger partial charge in [0.25, 0.3) is 0 Å². The maximum absolute atomic E-state index is 5.04. The zero-order valence-electron chi connectivity index (χ0n) is 5.10. The Morgan fingerprint density at radius 2 is 2.14 bits per heavy atom. The van der Waals surface area contributed by atoms with Crippen molar-refractivity contribution < 1.29 is 4.43 Å². The van der Waals surface area contributed by atoms with Crippen molar-refractivity contribution in [1.29, 1.82) is 0 Å². The van der Waals surface area contributed by atoms with Gasteiger partial charge in [-0.15, -0.1) is 12.4 Å². The molecule has 0 aliphatic heterocycles. The van der Waals surface area contributed by atoms with Crippen molar-refractivity contribution in [2.24, 2.45) is 0 Å². The summed E-state index contributed by atoms with van der Waals surface area (Å²) in [5.41, 5.74) is 0. The van der Waals surface area contributed by atoms with Crippen molar-refractivity contribution in [2.45, 2.75) is 26.4 Å². The minimum atomic E-state index is 0. The fourth-order valence-corrected chi connectivity index (χ4v) is 0.500. The number of hydrogen-bond acceptors (Lipinski definition) is 1. The topological polar surface area (TPSA) is 9.23 Å². The molecular formula is C4H13ClOSi. The van der Waals surface area contributed by atoms with Gasteiger partial charge in [-0.3, -0.25) is 0 Å². The molecule has 3 heteroatoms. The van der Waals surface area contributed by atoms with Crippen LogP contribution in [0.5, 0.6) is 0 Å². The Labute approximate surface area is 54.4 Å². The summed E-state index contributed by atoms with van der Waals surface area (Å²) in [4.78, 5) is 0. The van der Waals surface area contributed by atoms with Crippen LogP contribution in [0.3, 0.4) is 0 Å². The second-order valence-electron chi connectivity index (χ2n) is 1.45. The van der Waals surface area contributed by atoms with E-state index in [1.165, 1.54) is 0 Å². The molecular weight excluding hydrogens is 128 g/mol. The van der Waals surface area contributed by atoms with Crippen LogP contribution in [0.15, 0.2) is 0 Å². The van der Waals surface area contributed by atoms with E-state index < -0.39 is 0 Å². The molecule has 0 spiro atoms. The first kappa shape index (κ1) is 10.4. The smallest absolute Gasteiger partial charge is 0.146 e. The third-order valence-electron chi connectivity index (χ3n) is 0.977. The molecule has 1 nitrogen and oxygen atoms in total. The van der Waals surface area contributed by atoms with Gasteiger partial charge in [0.1, 0.15) is 10.5 Å². The quantitative estimate of drug-likeness (QED) is 0.508. The lowest BCUT2D eigenvalue weighted by Crippen LogP contribution is -2.01. The molecule has 0 aromatic heterocycles. The van der Waals surface area contributed by atoms with Gasteiger partial charge in [0.05, 0.1) is 0 Å². The van der Waals surface area contributed by atoms with Gasteiger partial charge < -0.3 is 4.43 Å². The molecule has 0 fully saturated rings. The Balaban J connectivity index is 0. The molecule has 0 aromatic carbocycles. The molecule has 7 heavy (non-hydrogen) atoms. The average Bonchev–Trinajstić information content (AvgIpc) is 1.65. The fraction of sp³-hybridized carbons (Fsp3) is 1.00. The van der Waals surface area contributed by atoms with Crippen LogP contribution in [0.2, 0.25) is 0 Å². The molecule has 1 unspecified atom stereocenters. The Hall–Kier alpha value is 0.467. The van der Waals surface area contributed by atoms with Crippen LogP contribution in [0.4, 0.5) is 0 Å². The van der Waals surface area contributed by atoms with Crippen LogP contribution in [0.1, 0.15) is 20.3 Å². The minimum absolute atomic E-state index is 0. The molecule has 0 saturated carbocycles. The molecule has 0 radical (unpaired) electrons. The van der Waals surface area contributed by atoms with E-state index >= 15 is 0 Å². The molecule has 0 rings (SSSR count). The third kappa shape index (κ3) is 6.47. The van der Waals surface area contributed by atoms with Gasteiger partial charge in [-0.1, -0.05) is 6.92 Å². The van der Waals surface area contributed by atoms with Crippen LogP contribution in [0.25, 0.3) is 0 Å². The third-order valence-corrected chi connectivity index (χ3v) is 1.78. The molecule has 0 bridgehead atoms. The molecule has 46 valence electrons. The Morgan fingerprint density at radius 3 is 2.14 bits per heavy atom. The van der Waals surface area contributed by atoms with E-state index in [9.17, 15) is 0 Å². The lowest BCUT2D eigenvalue weighted by atomic mass is 10.3. The highest BCUT2D eigenvalue weighted by molar-refractivity contribution is 5.98. The van der Waals surface area contributed by atoms with Crippen molar-refractivity contribution in [2.75, 3.05) is 0 Å². The summed E-state index contributed by atoms with van der Waals surface area (Å²) in [5, 5.41) is 0. The highest BCUT2D eigenvalue weighted by Crippen LogP contribution is 1.89. The summed E-state index contributed by atoms with van der Waals surface area (Å²) in [5.74, 6) is 0. The van der Waals surface area contributed by atoms with E-state index in [2.05, 4.69) is 13.8 Å². The molecule has 0 amide bonds. The highest BCUT2D eigenvalue weighted by Gasteiger charge is 1.87. The SMILES string of the molecule is CCC(C)O[SiH3].Cl. The monoisotopic (exact) mass is 140 g/mol. The van der Waals surface area contributed by atoms with Gasteiger partial charge >= 0.3 is 0 Å².